The Morgan fingerprint density at radius 2 is 1.90 bits per heavy atom. The molecule has 0 aromatic heterocycles. The van der Waals surface area contributed by atoms with E-state index in [9.17, 15) is 31.5 Å². The smallest absolute Gasteiger partial charge is 0.381 e. The molecule has 2 fully saturated rings. The molecule has 2 aromatic rings. The van der Waals surface area contributed by atoms with E-state index < -0.39 is 35.7 Å². The molecule has 2 aromatic carbocycles. The van der Waals surface area contributed by atoms with Crippen molar-refractivity contribution in [3.8, 4) is 0 Å². The lowest BCUT2D eigenvalue weighted by molar-refractivity contribution is -0.139. The van der Waals surface area contributed by atoms with Crippen LogP contribution >= 0.6 is 11.6 Å². The van der Waals surface area contributed by atoms with Crippen molar-refractivity contribution >= 4 is 34.8 Å². The number of carbonyl (C=O) groups excluding carboxylic acids is 2. The zero-order valence-corrected chi connectivity index (χ0v) is 22.5. The Labute approximate surface area is 233 Å². The molecule has 0 radical (unpaired) electrons. The van der Waals surface area contributed by atoms with Crippen molar-refractivity contribution in [2.75, 3.05) is 49.6 Å². The van der Waals surface area contributed by atoms with Crippen LogP contribution in [-0.2, 0) is 16.1 Å². The lowest BCUT2D eigenvalue weighted by Gasteiger charge is -2.41. The van der Waals surface area contributed by atoms with Gasteiger partial charge in [-0.1, -0.05) is 17.7 Å². The number of alkyl halides is 3. The van der Waals surface area contributed by atoms with Gasteiger partial charge in [-0.15, -0.1) is 0 Å². The predicted molar refractivity (Wildman–Crippen MR) is 140 cm³/mol. The van der Waals surface area contributed by atoms with E-state index >= 15 is 0 Å². The number of halogens is 6. The summed E-state index contributed by atoms with van der Waals surface area (Å²) in [6, 6.07) is 6.84. The minimum atomic E-state index is -4.24. The molecule has 0 aliphatic carbocycles. The fourth-order valence-electron chi connectivity index (χ4n) is 4.85. The summed E-state index contributed by atoms with van der Waals surface area (Å²) in [7, 11) is 0. The van der Waals surface area contributed by atoms with E-state index in [2.05, 4.69) is 10.6 Å². The molecule has 2 saturated heterocycles. The summed E-state index contributed by atoms with van der Waals surface area (Å²) < 4.78 is 72.9. The normalized spacial score (nSPS) is 20.0. The first-order valence-electron chi connectivity index (χ1n) is 12.9. The minimum Gasteiger partial charge on any atom is -0.381 e. The van der Waals surface area contributed by atoms with Crippen molar-refractivity contribution < 1.29 is 36.3 Å². The van der Waals surface area contributed by atoms with Crippen LogP contribution in [0.1, 0.15) is 35.7 Å². The highest BCUT2D eigenvalue weighted by Gasteiger charge is 2.32. The second-order valence-electron chi connectivity index (χ2n) is 9.99. The topological polar surface area (TPSA) is 73.9 Å². The number of nitrogens with one attached hydrogen (secondary N) is 2. The maximum atomic E-state index is 14.9. The highest BCUT2D eigenvalue weighted by molar-refractivity contribution is 6.31. The molecule has 2 N–H and O–H groups in total. The number of carbonyl (C=O) groups is 2. The van der Waals surface area contributed by atoms with E-state index in [-0.39, 0.29) is 43.1 Å². The average molecular weight is 589 g/mol. The minimum absolute atomic E-state index is 0.106. The number of hydrogen-bond acceptors (Lipinski definition) is 5. The highest BCUT2D eigenvalue weighted by Crippen LogP contribution is 2.32. The zero-order chi connectivity index (χ0) is 29.0. The molecule has 2 atom stereocenters. The zero-order valence-electron chi connectivity index (χ0n) is 21.8. The molecule has 218 valence electrons. The number of rotatable bonds is 8. The monoisotopic (exact) mass is 588 g/mol. The Hall–Kier alpha value is -2.96. The number of amides is 2. The van der Waals surface area contributed by atoms with Crippen LogP contribution in [0.25, 0.3) is 0 Å². The number of hydrogen-bond donors (Lipinski definition) is 2. The van der Waals surface area contributed by atoms with Crippen molar-refractivity contribution in [1.29, 1.82) is 0 Å². The molecule has 0 unspecified atom stereocenters. The van der Waals surface area contributed by atoms with Gasteiger partial charge >= 0.3 is 6.18 Å². The second kappa shape index (κ2) is 12.7. The van der Waals surface area contributed by atoms with Gasteiger partial charge < -0.3 is 20.3 Å². The maximum Gasteiger partial charge on any atom is 0.390 e. The molecule has 13 heteroatoms. The fraction of sp³-hybridized carbons (Fsp3) is 0.481. The van der Waals surface area contributed by atoms with Gasteiger partial charge in [0.15, 0.2) is 11.6 Å². The first kappa shape index (κ1) is 30.0. The first-order chi connectivity index (χ1) is 18.9. The molecule has 0 spiro atoms. The number of anilines is 2. The van der Waals surface area contributed by atoms with Gasteiger partial charge in [0.1, 0.15) is 0 Å². The molecule has 40 heavy (non-hydrogen) atoms. The Morgan fingerprint density at radius 3 is 2.58 bits per heavy atom. The third-order valence-electron chi connectivity index (χ3n) is 7.16. The lowest BCUT2D eigenvalue weighted by atomic mass is 10.1. The Morgan fingerprint density at radius 1 is 1.12 bits per heavy atom. The molecule has 2 aliphatic rings. The highest BCUT2D eigenvalue weighted by atomic mass is 35.5. The van der Waals surface area contributed by atoms with Gasteiger partial charge in [0.2, 0.25) is 5.91 Å². The van der Waals surface area contributed by atoms with Crippen LogP contribution in [0.15, 0.2) is 30.3 Å². The third kappa shape index (κ3) is 7.41. The Balaban J connectivity index is 1.44. The van der Waals surface area contributed by atoms with Crippen molar-refractivity contribution in [2.24, 2.45) is 5.92 Å². The summed E-state index contributed by atoms with van der Waals surface area (Å²) in [6.07, 6.45) is -4.59. The van der Waals surface area contributed by atoms with Crippen molar-refractivity contribution in [3.63, 3.8) is 0 Å². The van der Waals surface area contributed by atoms with Gasteiger partial charge in [-0.2, -0.15) is 13.2 Å². The Bertz CT molecular complexity index is 1240. The number of ether oxygens (including phenoxy) is 1. The van der Waals surface area contributed by atoms with Crippen molar-refractivity contribution in [3.05, 3.63) is 58.1 Å². The predicted octanol–water partition coefficient (Wildman–Crippen LogP) is 4.99. The van der Waals surface area contributed by atoms with Gasteiger partial charge in [0, 0.05) is 56.0 Å². The molecular formula is C27H30ClF5N4O3. The summed E-state index contributed by atoms with van der Waals surface area (Å²) in [5.74, 6) is -4.13. The quantitative estimate of drug-likeness (QED) is 0.425. The summed E-state index contributed by atoms with van der Waals surface area (Å²) in [6.45, 7) is 3.32. The summed E-state index contributed by atoms with van der Waals surface area (Å²) in [5.41, 5.74) is 0.174. The number of benzene rings is 2. The molecule has 2 amide bonds. The lowest BCUT2D eigenvalue weighted by Crippen LogP contribution is -2.52. The summed E-state index contributed by atoms with van der Waals surface area (Å²) in [4.78, 5) is 28.8. The van der Waals surface area contributed by atoms with Gasteiger partial charge in [-0.05, 0) is 37.6 Å². The maximum absolute atomic E-state index is 14.9. The standard InChI is InChI=1S/C27H30ClF5N4O3/c1-16-14-37(10-9-36(16)8-7-27(31,32)33)22-12-19(28)3-5-21(22)35-26(39)20-4-2-17(23(29)24(20)30)13-34-25(38)18-6-11-40-15-18/h2-5,12,16,18H,6-11,13-15H2,1H3,(H,34,38)(H,35,39)/t16-,18+/m1/s1. The van der Waals surface area contributed by atoms with E-state index in [1.54, 1.807) is 11.0 Å². The third-order valence-corrected chi connectivity index (χ3v) is 7.39. The average Bonchev–Trinajstić information content (AvgIpc) is 3.44. The SMILES string of the molecule is C[C@@H]1CN(c2cc(Cl)ccc2NC(=O)c2ccc(CNC(=O)[C@H]3CCOC3)c(F)c2F)CCN1CCC(F)(F)F. The molecule has 0 bridgehead atoms. The summed E-state index contributed by atoms with van der Waals surface area (Å²) >= 11 is 6.19. The Kier molecular flexibility index (Phi) is 9.52. The number of nitrogens with zero attached hydrogens (tertiary/aromatic N) is 2. The van der Waals surface area contributed by atoms with Crippen LogP contribution in [0.2, 0.25) is 5.02 Å². The van der Waals surface area contributed by atoms with Gasteiger partial charge in [-0.25, -0.2) is 8.78 Å². The first-order valence-corrected chi connectivity index (χ1v) is 13.3. The van der Waals surface area contributed by atoms with Gasteiger partial charge in [-0.3, -0.25) is 14.5 Å². The van der Waals surface area contributed by atoms with Crippen LogP contribution in [0.4, 0.5) is 33.3 Å². The van der Waals surface area contributed by atoms with Gasteiger partial charge in [0.05, 0.1) is 35.9 Å². The molecule has 0 saturated carbocycles. The second-order valence-corrected chi connectivity index (χ2v) is 10.4. The van der Waals surface area contributed by atoms with Crippen molar-refractivity contribution in [1.82, 2.24) is 10.2 Å². The van der Waals surface area contributed by atoms with E-state index in [1.165, 1.54) is 18.2 Å². The molecule has 4 rings (SSSR count). The van der Waals surface area contributed by atoms with E-state index in [0.29, 0.717) is 49.1 Å². The van der Waals surface area contributed by atoms with Crippen molar-refractivity contribution in [2.45, 2.75) is 38.5 Å². The van der Waals surface area contributed by atoms with E-state index in [1.807, 2.05) is 11.8 Å². The van der Waals surface area contributed by atoms with Crippen LogP contribution in [0.5, 0.6) is 0 Å². The van der Waals surface area contributed by atoms with E-state index in [4.69, 9.17) is 16.3 Å². The summed E-state index contributed by atoms with van der Waals surface area (Å²) in [5, 5.41) is 5.54. The van der Waals surface area contributed by atoms with Crippen LogP contribution in [-0.4, -0.2) is 68.3 Å². The van der Waals surface area contributed by atoms with Gasteiger partial charge in [0.25, 0.3) is 5.91 Å². The van der Waals surface area contributed by atoms with Crippen LogP contribution in [0, 0.1) is 17.6 Å². The van der Waals surface area contributed by atoms with Crippen LogP contribution in [0.3, 0.4) is 0 Å². The number of piperazine rings is 1. The largest absolute Gasteiger partial charge is 0.390 e. The van der Waals surface area contributed by atoms with E-state index in [0.717, 1.165) is 6.07 Å². The molecule has 2 heterocycles. The molecule has 7 nitrogen and oxygen atoms in total. The van der Waals surface area contributed by atoms with Crippen LogP contribution < -0.4 is 15.5 Å². The fourth-order valence-corrected chi connectivity index (χ4v) is 5.01. The molecular weight excluding hydrogens is 559 g/mol. The molecule has 2 aliphatic heterocycles.